The molecular formula is C10H10ClN3O. The molecule has 0 saturated heterocycles. The standard InChI is InChI=1S/C10H10ClN3O/c1-7(11)10-13-9(14-15-10)6-8-2-4-12-5-3-8/h2-5,7H,6H2,1H3. The van der Waals surface area contributed by atoms with Crippen molar-refractivity contribution in [1.29, 1.82) is 0 Å². The van der Waals surface area contributed by atoms with Crippen molar-refractivity contribution in [1.82, 2.24) is 15.1 Å². The summed E-state index contributed by atoms with van der Waals surface area (Å²) >= 11 is 5.81. The highest BCUT2D eigenvalue weighted by Crippen LogP contribution is 2.17. The Kier molecular flexibility index (Phi) is 2.97. The molecule has 0 bridgehead atoms. The van der Waals surface area contributed by atoms with Crippen LogP contribution in [0.2, 0.25) is 0 Å². The Hall–Kier alpha value is -1.42. The first kappa shape index (κ1) is 10.1. The third-order valence-electron chi connectivity index (χ3n) is 1.94. The van der Waals surface area contributed by atoms with Crippen molar-refractivity contribution in [3.8, 4) is 0 Å². The molecule has 2 aromatic rings. The minimum Gasteiger partial charge on any atom is -0.338 e. The van der Waals surface area contributed by atoms with Gasteiger partial charge in [0.25, 0.3) is 0 Å². The molecule has 78 valence electrons. The predicted octanol–water partition coefficient (Wildman–Crippen LogP) is 2.36. The molecule has 2 heterocycles. The van der Waals surface area contributed by atoms with Crippen LogP contribution in [0.15, 0.2) is 29.0 Å². The van der Waals surface area contributed by atoms with Gasteiger partial charge in [0.15, 0.2) is 5.82 Å². The molecule has 2 aromatic heterocycles. The summed E-state index contributed by atoms with van der Waals surface area (Å²) in [4.78, 5) is 8.11. The number of pyridine rings is 1. The van der Waals surface area contributed by atoms with E-state index in [0.717, 1.165) is 5.56 Å². The number of hydrogen-bond acceptors (Lipinski definition) is 4. The minimum atomic E-state index is -0.247. The van der Waals surface area contributed by atoms with Crippen LogP contribution in [-0.2, 0) is 6.42 Å². The van der Waals surface area contributed by atoms with Crippen molar-refractivity contribution in [3.05, 3.63) is 41.8 Å². The van der Waals surface area contributed by atoms with E-state index in [0.29, 0.717) is 18.1 Å². The maximum Gasteiger partial charge on any atom is 0.244 e. The van der Waals surface area contributed by atoms with Crippen LogP contribution >= 0.6 is 11.6 Å². The highest BCUT2D eigenvalue weighted by atomic mass is 35.5. The largest absolute Gasteiger partial charge is 0.338 e. The Morgan fingerprint density at radius 1 is 1.40 bits per heavy atom. The SMILES string of the molecule is CC(Cl)c1nc(Cc2ccncc2)no1. The van der Waals surface area contributed by atoms with E-state index in [2.05, 4.69) is 15.1 Å². The maximum absolute atomic E-state index is 5.81. The summed E-state index contributed by atoms with van der Waals surface area (Å²) in [6.45, 7) is 1.80. The number of hydrogen-bond donors (Lipinski definition) is 0. The summed E-state index contributed by atoms with van der Waals surface area (Å²) in [5.41, 5.74) is 1.10. The van der Waals surface area contributed by atoms with Crippen molar-refractivity contribution >= 4 is 11.6 Å². The molecule has 1 atom stereocenters. The van der Waals surface area contributed by atoms with E-state index in [1.54, 1.807) is 19.3 Å². The second-order valence-electron chi connectivity index (χ2n) is 3.20. The van der Waals surface area contributed by atoms with E-state index in [1.807, 2.05) is 12.1 Å². The van der Waals surface area contributed by atoms with Crippen LogP contribution in [-0.4, -0.2) is 15.1 Å². The third-order valence-corrected chi connectivity index (χ3v) is 2.12. The summed E-state index contributed by atoms with van der Waals surface area (Å²) in [5, 5.41) is 3.60. The van der Waals surface area contributed by atoms with E-state index in [4.69, 9.17) is 16.1 Å². The fraction of sp³-hybridized carbons (Fsp3) is 0.300. The molecule has 0 aliphatic rings. The number of aromatic nitrogens is 3. The lowest BCUT2D eigenvalue weighted by molar-refractivity contribution is 0.374. The van der Waals surface area contributed by atoms with Crippen molar-refractivity contribution in [2.75, 3.05) is 0 Å². The molecule has 0 radical (unpaired) electrons. The van der Waals surface area contributed by atoms with Crippen molar-refractivity contribution < 1.29 is 4.52 Å². The van der Waals surface area contributed by atoms with Gasteiger partial charge in [-0.25, -0.2) is 0 Å². The molecule has 0 aliphatic heterocycles. The molecule has 2 rings (SSSR count). The van der Waals surface area contributed by atoms with E-state index < -0.39 is 0 Å². The zero-order valence-corrected chi connectivity index (χ0v) is 8.98. The fourth-order valence-electron chi connectivity index (χ4n) is 1.18. The minimum absolute atomic E-state index is 0.247. The smallest absolute Gasteiger partial charge is 0.244 e. The molecule has 0 aliphatic carbocycles. The van der Waals surface area contributed by atoms with Gasteiger partial charge < -0.3 is 4.52 Å². The molecule has 4 nitrogen and oxygen atoms in total. The summed E-state index contributed by atoms with van der Waals surface area (Å²) < 4.78 is 4.99. The molecule has 0 aromatic carbocycles. The summed E-state index contributed by atoms with van der Waals surface area (Å²) in [6, 6.07) is 3.83. The van der Waals surface area contributed by atoms with Crippen molar-refractivity contribution in [2.45, 2.75) is 18.7 Å². The monoisotopic (exact) mass is 223 g/mol. The van der Waals surface area contributed by atoms with Gasteiger partial charge in [-0.2, -0.15) is 4.98 Å². The second kappa shape index (κ2) is 4.40. The van der Waals surface area contributed by atoms with Gasteiger partial charge in [-0.3, -0.25) is 4.98 Å². The molecule has 0 saturated carbocycles. The molecule has 15 heavy (non-hydrogen) atoms. The van der Waals surface area contributed by atoms with Gasteiger partial charge in [0.05, 0.1) is 0 Å². The second-order valence-corrected chi connectivity index (χ2v) is 3.85. The first-order chi connectivity index (χ1) is 7.25. The fourth-order valence-corrected chi connectivity index (χ4v) is 1.27. The maximum atomic E-state index is 5.81. The van der Waals surface area contributed by atoms with Crippen molar-refractivity contribution in [3.63, 3.8) is 0 Å². The topological polar surface area (TPSA) is 51.8 Å². The van der Waals surface area contributed by atoms with Gasteiger partial charge in [-0.1, -0.05) is 5.16 Å². The highest BCUT2D eigenvalue weighted by molar-refractivity contribution is 6.20. The van der Waals surface area contributed by atoms with Crippen LogP contribution < -0.4 is 0 Å². The molecule has 1 unspecified atom stereocenters. The van der Waals surface area contributed by atoms with Crippen LogP contribution in [0.5, 0.6) is 0 Å². The van der Waals surface area contributed by atoms with Gasteiger partial charge in [-0.15, -0.1) is 11.6 Å². The average Bonchev–Trinajstić information content (AvgIpc) is 2.68. The Morgan fingerprint density at radius 2 is 2.13 bits per heavy atom. The Morgan fingerprint density at radius 3 is 2.73 bits per heavy atom. The van der Waals surface area contributed by atoms with Crippen LogP contribution in [0.1, 0.15) is 29.6 Å². The van der Waals surface area contributed by atoms with Gasteiger partial charge in [0.1, 0.15) is 5.38 Å². The molecular weight excluding hydrogens is 214 g/mol. The van der Waals surface area contributed by atoms with E-state index >= 15 is 0 Å². The number of nitrogens with zero attached hydrogens (tertiary/aromatic N) is 3. The molecule has 5 heteroatoms. The predicted molar refractivity (Wildman–Crippen MR) is 55.6 cm³/mol. The van der Waals surface area contributed by atoms with Crippen molar-refractivity contribution in [2.24, 2.45) is 0 Å². The number of halogens is 1. The first-order valence-electron chi connectivity index (χ1n) is 4.61. The molecule has 0 amide bonds. The van der Waals surface area contributed by atoms with Gasteiger partial charge in [0.2, 0.25) is 5.89 Å². The summed E-state index contributed by atoms with van der Waals surface area (Å²) in [6.07, 6.45) is 4.11. The third kappa shape index (κ3) is 2.53. The lowest BCUT2D eigenvalue weighted by Gasteiger charge is -1.93. The quantitative estimate of drug-likeness (QED) is 0.750. The number of rotatable bonds is 3. The zero-order chi connectivity index (χ0) is 10.7. The van der Waals surface area contributed by atoms with E-state index in [1.165, 1.54) is 0 Å². The molecule has 0 spiro atoms. The van der Waals surface area contributed by atoms with E-state index in [9.17, 15) is 0 Å². The van der Waals surface area contributed by atoms with E-state index in [-0.39, 0.29) is 5.38 Å². The van der Waals surface area contributed by atoms with Gasteiger partial charge in [0, 0.05) is 18.8 Å². The highest BCUT2D eigenvalue weighted by Gasteiger charge is 2.11. The lowest BCUT2D eigenvalue weighted by Crippen LogP contribution is -1.91. The van der Waals surface area contributed by atoms with Crippen LogP contribution in [0.3, 0.4) is 0 Å². The first-order valence-corrected chi connectivity index (χ1v) is 5.05. The Balaban J connectivity index is 2.12. The summed E-state index contributed by atoms with van der Waals surface area (Å²) in [5.74, 6) is 1.10. The normalized spacial score (nSPS) is 12.7. The van der Waals surface area contributed by atoms with Crippen LogP contribution in [0.25, 0.3) is 0 Å². The summed E-state index contributed by atoms with van der Waals surface area (Å²) in [7, 11) is 0. The molecule has 0 fully saturated rings. The van der Waals surface area contributed by atoms with Gasteiger partial charge >= 0.3 is 0 Å². The number of alkyl halides is 1. The molecule has 0 N–H and O–H groups in total. The van der Waals surface area contributed by atoms with Crippen LogP contribution in [0.4, 0.5) is 0 Å². The van der Waals surface area contributed by atoms with Gasteiger partial charge in [-0.05, 0) is 24.6 Å². The Labute approximate surface area is 92.3 Å². The Bertz CT molecular complexity index is 427. The lowest BCUT2D eigenvalue weighted by atomic mass is 10.2. The zero-order valence-electron chi connectivity index (χ0n) is 8.22. The van der Waals surface area contributed by atoms with Crippen LogP contribution in [0, 0.1) is 0 Å². The average molecular weight is 224 g/mol.